The lowest BCUT2D eigenvalue weighted by atomic mass is 9.99. The summed E-state index contributed by atoms with van der Waals surface area (Å²) in [6, 6.07) is 8.39. The minimum Gasteiger partial charge on any atom is -0.508 e. The van der Waals surface area contributed by atoms with E-state index < -0.39 is 48.5 Å². The van der Waals surface area contributed by atoms with E-state index in [2.05, 4.69) is 0 Å². The highest BCUT2D eigenvalue weighted by atomic mass is 16.7. The van der Waals surface area contributed by atoms with Gasteiger partial charge in [-0.15, -0.1) is 0 Å². The average Bonchev–Trinajstić information content (AvgIpc) is 2.80. The summed E-state index contributed by atoms with van der Waals surface area (Å²) in [5.41, 5.74) is -0.133. The van der Waals surface area contributed by atoms with Gasteiger partial charge < -0.3 is 49.3 Å². The van der Waals surface area contributed by atoms with E-state index in [0.29, 0.717) is 5.56 Å². The minimum absolute atomic E-state index is 0.0268. The van der Waals surface area contributed by atoms with E-state index >= 15 is 0 Å². The molecule has 1 aliphatic heterocycles. The molecule has 1 aromatic heterocycles. The van der Waals surface area contributed by atoms with Crippen molar-refractivity contribution in [2.75, 3.05) is 13.7 Å². The van der Waals surface area contributed by atoms with Crippen LogP contribution in [0.4, 0.5) is 0 Å². The first-order chi connectivity index (χ1) is 15.7. The van der Waals surface area contributed by atoms with Crippen LogP contribution >= 0.6 is 0 Å². The van der Waals surface area contributed by atoms with Gasteiger partial charge in [-0.25, -0.2) is 0 Å². The number of methoxy groups -OCH3 is 1. The normalized spacial score (nSPS) is 25.2. The predicted molar refractivity (Wildman–Crippen MR) is 112 cm³/mol. The molecule has 176 valence electrons. The molecule has 0 unspecified atom stereocenters. The Morgan fingerprint density at radius 1 is 1.00 bits per heavy atom. The standard InChI is InChI=1S/C22H22O11/c1-30-14-7-13-16(11(25)6-12(31-13)9-2-4-10(24)5-3-9)18(27)21(14)33-22-20(29)19(28)17(26)15(8-23)32-22/h2-7,15,17,19-20,22-24,26-29H,8H2,1H3/t15-,17-,19+,20-,22+/m1/s1. The van der Waals surface area contributed by atoms with Gasteiger partial charge in [-0.3, -0.25) is 4.79 Å². The van der Waals surface area contributed by atoms with Crippen LogP contribution in [0.2, 0.25) is 0 Å². The molecule has 0 saturated carbocycles. The van der Waals surface area contributed by atoms with Crippen molar-refractivity contribution in [3.63, 3.8) is 0 Å². The highest BCUT2D eigenvalue weighted by Gasteiger charge is 2.45. The number of fused-ring (bicyclic) bond motifs is 1. The van der Waals surface area contributed by atoms with Crippen molar-refractivity contribution in [1.82, 2.24) is 0 Å². The number of aromatic hydroxyl groups is 2. The highest BCUT2D eigenvalue weighted by Crippen LogP contribution is 2.43. The minimum atomic E-state index is -1.74. The fourth-order valence-corrected chi connectivity index (χ4v) is 3.58. The Morgan fingerprint density at radius 3 is 2.33 bits per heavy atom. The summed E-state index contributed by atoms with van der Waals surface area (Å²) in [5.74, 6) is -0.901. The van der Waals surface area contributed by atoms with E-state index in [1.165, 1.54) is 25.3 Å². The number of hydrogen-bond donors (Lipinski definition) is 6. The van der Waals surface area contributed by atoms with Crippen LogP contribution in [0.3, 0.4) is 0 Å². The molecule has 6 N–H and O–H groups in total. The van der Waals surface area contributed by atoms with Gasteiger partial charge in [0, 0.05) is 17.7 Å². The number of rotatable bonds is 5. The van der Waals surface area contributed by atoms with Gasteiger partial charge in [0.2, 0.25) is 12.0 Å². The van der Waals surface area contributed by atoms with Gasteiger partial charge in [-0.2, -0.15) is 0 Å². The summed E-state index contributed by atoms with van der Waals surface area (Å²) in [5, 5.41) is 59.5. The van der Waals surface area contributed by atoms with Crippen LogP contribution in [-0.2, 0) is 4.74 Å². The first-order valence-electron chi connectivity index (χ1n) is 9.89. The Bertz CT molecular complexity index is 1200. The zero-order valence-corrected chi connectivity index (χ0v) is 17.3. The molecule has 0 amide bonds. The van der Waals surface area contributed by atoms with Crippen molar-refractivity contribution < 1.29 is 49.3 Å². The Morgan fingerprint density at radius 2 is 1.70 bits per heavy atom. The fraction of sp³-hybridized carbons (Fsp3) is 0.318. The smallest absolute Gasteiger partial charge is 0.229 e. The predicted octanol–water partition coefficient (Wildman–Crippen LogP) is 0.0585. The number of phenols is 2. The molecule has 33 heavy (non-hydrogen) atoms. The quantitative estimate of drug-likeness (QED) is 0.302. The number of aliphatic hydroxyl groups is 4. The molecule has 0 radical (unpaired) electrons. The Labute approximate surface area is 186 Å². The summed E-state index contributed by atoms with van der Waals surface area (Å²) in [4.78, 5) is 12.8. The summed E-state index contributed by atoms with van der Waals surface area (Å²) in [6.07, 6.45) is -7.88. The SMILES string of the molecule is COc1cc2oc(-c3ccc(O)cc3)cc(=O)c2c(O)c1O[C@@H]1O[C@H](CO)[C@@H](O)[C@H](O)[C@H]1O. The molecular weight excluding hydrogens is 440 g/mol. The zero-order chi connectivity index (χ0) is 23.9. The maximum atomic E-state index is 12.8. The average molecular weight is 462 g/mol. The second-order valence-electron chi connectivity index (χ2n) is 7.47. The van der Waals surface area contributed by atoms with Crippen LogP contribution in [0.1, 0.15) is 0 Å². The third-order valence-corrected chi connectivity index (χ3v) is 5.37. The number of aliphatic hydroxyl groups excluding tert-OH is 4. The van der Waals surface area contributed by atoms with Crippen molar-refractivity contribution in [2.45, 2.75) is 30.7 Å². The lowest BCUT2D eigenvalue weighted by molar-refractivity contribution is -0.277. The maximum absolute atomic E-state index is 12.8. The zero-order valence-electron chi connectivity index (χ0n) is 17.3. The number of benzene rings is 2. The van der Waals surface area contributed by atoms with Gasteiger partial charge in [-0.1, -0.05) is 0 Å². The van der Waals surface area contributed by atoms with Crippen LogP contribution in [0.5, 0.6) is 23.0 Å². The van der Waals surface area contributed by atoms with Gasteiger partial charge in [0.15, 0.2) is 16.9 Å². The van der Waals surface area contributed by atoms with E-state index in [-0.39, 0.29) is 34.0 Å². The van der Waals surface area contributed by atoms with E-state index in [0.717, 1.165) is 6.07 Å². The molecule has 5 atom stereocenters. The third kappa shape index (κ3) is 4.08. The van der Waals surface area contributed by atoms with Crippen molar-refractivity contribution in [3.05, 3.63) is 46.6 Å². The Kier molecular flexibility index (Phi) is 6.15. The van der Waals surface area contributed by atoms with E-state index in [4.69, 9.17) is 18.6 Å². The molecule has 1 fully saturated rings. The Balaban J connectivity index is 1.77. The van der Waals surface area contributed by atoms with Crippen molar-refractivity contribution in [2.24, 2.45) is 0 Å². The third-order valence-electron chi connectivity index (χ3n) is 5.37. The van der Waals surface area contributed by atoms with Gasteiger partial charge in [-0.05, 0) is 24.3 Å². The van der Waals surface area contributed by atoms with E-state index in [1.54, 1.807) is 12.1 Å². The van der Waals surface area contributed by atoms with Crippen LogP contribution in [0, 0.1) is 0 Å². The molecule has 4 rings (SSSR count). The second-order valence-corrected chi connectivity index (χ2v) is 7.47. The molecule has 1 saturated heterocycles. The Hall–Kier alpha value is -3.35. The highest BCUT2D eigenvalue weighted by molar-refractivity contribution is 5.89. The topological polar surface area (TPSA) is 179 Å². The second kappa shape index (κ2) is 8.89. The molecule has 3 aromatic rings. The lowest BCUT2D eigenvalue weighted by Crippen LogP contribution is -2.60. The number of hydrogen-bond acceptors (Lipinski definition) is 11. The monoisotopic (exact) mass is 462 g/mol. The molecular formula is C22H22O11. The van der Waals surface area contributed by atoms with Crippen LogP contribution in [0.15, 0.2) is 45.6 Å². The van der Waals surface area contributed by atoms with Gasteiger partial charge in [0.25, 0.3) is 0 Å². The molecule has 11 nitrogen and oxygen atoms in total. The van der Waals surface area contributed by atoms with E-state index in [1.807, 2.05) is 0 Å². The van der Waals surface area contributed by atoms with Gasteiger partial charge >= 0.3 is 0 Å². The van der Waals surface area contributed by atoms with E-state index in [9.17, 15) is 35.4 Å². The maximum Gasteiger partial charge on any atom is 0.229 e. The number of phenolic OH excluding ortho intramolecular Hbond substituents is 2. The molecule has 0 spiro atoms. The molecule has 2 aromatic carbocycles. The fourth-order valence-electron chi connectivity index (χ4n) is 3.58. The number of ether oxygens (including phenoxy) is 3. The molecule has 0 bridgehead atoms. The van der Waals surface area contributed by atoms with Crippen LogP contribution < -0.4 is 14.9 Å². The largest absolute Gasteiger partial charge is 0.508 e. The summed E-state index contributed by atoms with van der Waals surface area (Å²) >= 11 is 0. The first kappa shape index (κ1) is 22.8. The van der Waals surface area contributed by atoms with Crippen molar-refractivity contribution >= 4 is 11.0 Å². The van der Waals surface area contributed by atoms with Crippen molar-refractivity contribution in [1.29, 1.82) is 0 Å². The summed E-state index contributed by atoms with van der Waals surface area (Å²) < 4.78 is 21.8. The molecule has 0 aliphatic carbocycles. The molecule has 1 aliphatic rings. The molecule has 11 heteroatoms. The van der Waals surface area contributed by atoms with Crippen molar-refractivity contribution in [3.8, 4) is 34.3 Å². The van der Waals surface area contributed by atoms with Crippen LogP contribution in [-0.4, -0.2) is 75.1 Å². The summed E-state index contributed by atoms with van der Waals surface area (Å²) in [7, 11) is 1.27. The first-order valence-corrected chi connectivity index (χ1v) is 9.89. The lowest BCUT2D eigenvalue weighted by Gasteiger charge is -2.39. The van der Waals surface area contributed by atoms with Gasteiger partial charge in [0.05, 0.1) is 13.7 Å². The van der Waals surface area contributed by atoms with Gasteiger partial charge in [0.1, 0.15) is 46.9 Å². The molecule has 2 heterocycles. The van der Waals surface area contributed by atoms with Crippen LogP contribution in [0.25, 0.3) is 22.3 Å². The summed E-state index contributed by atoms with van der Waals surface area (Å²) in [6.45, 7) is -0.671.